The molecule has 10 heteroatoms. The number of halogens is 1. The Morgan fingerprint density at radius 1 is 1.09 bits per heavy atom. The van der Waals surface area contributed by atoms with E-state index in [1.165, 1.54) is 0 Å². The second-order valence-electron chi connectivity index (χ2n) is 9.25. The third-order valence-electron chi connectivity index (χ3n) is 6.42. The van der Waals surface area contributed by atoms with E-state index in [1.807, 2.05) is 36.9 Å². The summed E-state index contributed by atoms with van der Waals surface area (Å²) < 4.78 is 0. The Balaban J connectivity index is 1.31. The molecule has 9 nitrogen and oxygen atoms in total. The molecule has 1 atom stereocenters. The van der Waals surface area contributed by atoms with Gasteiger partial charge in [0.05, 0.1) is 13.3 Å². The van der Waals surface area contributed by atoms with Gasteiger partial charge in [0.1, 0.15) is 11.7 Å². The molecule has 1 aromatic rings. The van der Waals surface area contributed by atoms with Gasteiger partial charge in [0.15, 0.2) is 0 Å². The maximum absolute atomic E-state index is 13.2. The molecule has 0 radical (unpaired) electrons. The average Bonchev–Trinajstić information content (AvgIpc) is 3.30. The number of carbonyl (C=O) groups excluding carboxylic acids is 3. The number of hydrogen-bond acceptors (Lipinski definition) is 5. The number of fused-ring (bicyclic) bond motifs is 1. The van der Waals surface area contributed by atoms with Crippen LogP contribution in [-0.2, 0) is 9.59 Å². The predicted octanol–water partition coefficient (Wildman–Crippen LogP) is 2.32. The summed E-state index contributed by atoms with van der Waals surface area (Å²) in [6.45, 7) is 6.30. The van der Waals surface area contributed by atoms with Crippen LogP contribution in [0.2, 0.25) is 5.02 Å². The third-order valence-corrected chi connectivity index (χ3v) is 6.67. The van der Waals surface area contributed by atoms with Crippen molar-refractivity contribution < 1.29 is 14.4 Å². The van der Waals surface area contributed by atoms with E-state index in [-0.39, 0.29) is 23.8 Å². The van der Waals surface area contributed by atoms with E-state index in [2.05, 4.69) is 15.5 Å². The molecule has 0 unspecified atom stereocenters. The molecule has 33 heavy (non-hydrogen) atoms. The highest BCUT2D eigenvalue weighted by atomic mass is 35.5. The van der Waals surface area contributed by atoms with Crippen LogP contribution < -0.4 is 10.6 Å². The Kier molecular flexibility index (Phi) is 6.69. The number of rotatable bonds is 5. The van der Waals surface area contributed by atoms with Crippen molar-refractivity contribution in [1.29, 1.82) is 0 Å². The highest BCUT2D eigenvalue weighted by Crippen LogP contribution is 2.29. The molecule has 3 heterocycles. The van der Waals surface area contributed by atoms with Gasteiger partial charge in [0, 0.05) is 43.1 Å². The number of urea groups is 1. The molecule has 2 saturated heterocycles. The third kappa shape index (κ3) is 5.03. The molecule has 2 N–H and O–H groups in total. The van der Waals surface area contributed by atoms with Gasteiger partial charge in [-0.25, -0.2) is 4.79 Å². The van der Waals surface area contributed by atoms with Crippen LogP contribution in [0, 0.1) is 5.92 Å². The first kappa shape index (κ1) is 23.2. The van der Waals surface area contributed by atoms with Crippen molar-refractivity contribution in [1.82, 2.24) is 24.9 Å². The second kappa shape index (κ2) is 9.51. The molecule has 3 aliphatic heterocycles. The van der Waals surface area contributed by atoms with E-state index in [9.17, 15) is 14.4 Å². The number of likely N-dealkylation sites (tertiary alicyclic amines) is 1. The summed E-state index contributed by atoms with van der Waals surface area (Å²) in [6.07, 6.45) is 3.36. The molecule has 0 aliphatic carbocycles. The summed E-state index contributed by atoms with van der Waals surface area (Å²) in [4.78, 5) is 46.3. The van der Waals surface area contributed by atoms with Gasteiger partial charge in [-0.15, -0.1) is 0 Å². The molecule has 4 rings (SSSR count). The fraction of sp³-hybridized carbons (Fsp3) is 0.522. The van der Waals surface area contributed by atoms with E-state index >= 15 is 0 Å². The number of amides is 4. The fourth-order valence-electron chi connectivity index (χ4n) is 4.61. The molecule has 2 fully saturated rings. The van der Waals surface area contributed by atoms with Gasteiger partial charge in [-0.3, -0.25) is 9.59 Å². The Bertz CT molecular complexity index is 942. The molecule has 3 aliphatic rings. The summed E-state index contributed by atoms with van der Waals surface area (Å²) in [5.74, 6) is -0.0837. The minimum Gasteiger partial charge on any atom is -0.361 e. The standard InChI is InChI=1S/C23H31ClN6O3/c1-15(2)20(26-23(33)25-17-6-4-16(24)5-7-17)22(32)28-10-8-18(9-11-28)30-14-29-13-27(3)12-19(29)21(30)31/h4-7,12,15,18,20H,8-11,13-14H2,1-3H3,(H2,25,26,33)/t20-/m1/s1. The van der Waals surface area contributed by atoms with Crippen LogP contribution in [0.3, 0.4) is 0 Å². The number of nitrogens with zero attached hydrogens (tertiary/aromatic N) is 4. The maximum Gasteiger partial charge on any atom is 0.319 e. The van der Waals surface area contributed by atoms with Crippen LogP contribution in [-0.4, -0.2) is 83.0 Å². The normalized spacial score (nSPS) is 19.7. The van der Waals surface area contributed by atoms with E-state index in [4.69, 9.17) is 11.6 Å². The SMILES string of the molecule is CC(C)[C@@H](NC(=O)Nc1ccc(Cl)cc1)C(=O)N1CCC(N2CN3CN(C)C=C3C2=O)CC1. The molecule has 178 valence electrons. The highest BCUT2D eigenvalue weighted by molar-refractivity contribution is 6.30. The number of hydrogen-bond donors (Lipinski definition) is 2. The predicted molar refractivity (Wildman–Crippen MR) is 126 cm³/mol. The van der Waals surface area contributed by atoms with Gasteiger partial charge < -0.3 is 30.2 Å². The fourth-order valence-corrected chi connectivity index (χ4v) is 4.74. The minimum absolute atomic E-state index is 0.0672. The lowest BCUT2D eigenvalue weighted by molar-refractivity contribution is -0.136. The number of carbonyl (C=O) groups is 3. The molecule has 1 aromatic carbocycles. The lowest BCUT2D eigenvalue weighted by atomic mass is 9.99. The van der Waals surface area contributed by atoms with Crippen LogP contribution in [0.15, 0.2) is 36.2 Å². The molecular weight excluding hydrogens is 444 g/mol. The summed E-state index contributed by atoms with van der Waals surface area (Å²) >= 11 is 5.88. The van der Waals surface area contributed by atoms with E-state index in [0.717, 1.165) is 25.2 Å². The van der Waals surface area contributed by atoms with Gasteiger partial charge in [-0.2, -0.15) is 0 Å². The van der Waals surface area contributed by atoms with E-state index in [1.54, 1.807) is 29.2 Å². The number of anilines is 1. The van der Waals surface area contributed by atoms with E-state index < -0.39 is 12.1 Å². The average molecular weight is 475 g/mol. The van der Waals surface area contributed by atoms with Gasteiger partial charge in [-0.1, -0.05) is 25.4 Å². The summed E-state index contributed by atoms with van der Waals surface area (Å²) in [6, 6.07) is 5.85. The van der Waals surface area contributed by atoms with Crippen molar-refractivity contribution in [3.63, 3.8) is 0 Å². The van der Waals surface area contributed by atoms with Crippen LogP contribution in [0.1, 0.15) is 26.7 Å². The molecule has 0 spiro atoms. The van der Waals surface area contributed by atoms with Crippen LogP contribution in [0.4, 0.5) is 10.5 Å². The zero-order chi connectivity index (χ0) is 23.7. The molecule has 0 saturated carbocycles. The van der Waals surface area contributed by atoms with Gasteiger partial charge >= 0.3 is 6.03 Å². The Morgan fingerprint density at radius 2 is 1.76 bits per heavy atom. The Labute approximate surface area is 199 Å². The first-order chi connectivity index (χ1) is 15.7. The monoisotopic (exact) mass is 474 g/mol. The quantitative estimate of drug-likeness (QED) is 0.683. The van der Waals surface area contributed by atoms with Crippen LogP contribution in [0.25, 0.3) is 0 Å². The lowest BCUT2D eigenvalue weighted by Crippen LogP contribution is -2.55. The summed E-state index contributed by atoms with van der Waals surface area (Å²) in [5.41, 5.74) is 1.36. The van der Waals surface area contributed by atoms with Crippen molar-refractivity contribution in [2.75, 3.05) is 38.8 Å². The summed E-state index contributed by atoms with van der Waals surface area (Å²) in [5, 5.41) is 6.15. The van der Waals surface area contributed by atoms with Crippen molar-refractivity contribution in [3.05, 3.63) is 41.2 Å². The Morgan fingerprint density at radius 3 is 2.36 bits per heavy atom. The van der Waals surface area contributed by atoms with Crippen molar-refractivity contribution in [3.8, 4) is 0 Å². The smallest absolute Gasteiger partial charge is 0.319 e. The molecular formula is C23H31ClN6O3. The number of piperidine rings is 1. The molecule has 0 bridgehead atoms. The van der Waals surface area contributed by atoms with Crippen molar-refractivity contribution in [2.45, 2.75) is 38.8 Å². The number of benzene rings is 1. The topological polar surface area (TPSA) is 88.2 Å². The second-order valence-corrected chi connectivity index (χ2v) is 9.69. The number of nitrogens with one attached hydrogen (secondary N) is 2. The van der Waals surface area contributed by atoms with Crippen LogP contribution in [0.5, 0.6) is 0 Å². The van der Waals surface area contributed by atoms with Gasteiger partial charge in [-0.05, 0) is 43.0 Å². The first-order valence-electron chi connectivity index (χ1n) is 11.3. The molecule has 4 amide bonds. The van der Waals surface area contributed by atoms with Gasteiger partial charge in [0.25, 0.3) is 5.91 Å². The molecule has 0 aromatic heterocycles. The zero-order valence-corrected chi connectivity index (χ0v) is 20.0. The maximum atomic E-state index is 13.2. The first-order valence-corrected chi connectivity index (χ1v) is 11.7. The minimum atomic E-state index is -0.631. The zero-order valence-electron chi connectivity index (χ0n) is 19.3. The van der Waals surface area contributed by atoms with Crippen LogP contribution >= 0.6 is 11.6 Å². The van der Waals surface area contributed by atoms with Crippen molar-refractivity contribution >= 4 is 35.1 Å². The van der Waals surface area contributed by atoms with Crippen molar-refractivity contribution in [2.24, 2.45) is 5.92 Å². The Hall–Kier alpha value is -2.94. The lowest BCUT2D eigenvalue weighted by Gasteiger charge is -2.38. The largest absolute Gasteiger partial charge is 0.361 e. The van der Waals surface area contributed by atoms with Gasteiger partial charge in [0.2, 0.25) is 5.91 Å². The highest BCUT2D eigenvalue weighted by Gasteiger charge is 2.41. The van der Waals surface area contributed by atoms with E-state index in [0.29, 0.717) is 30.5 Å². The summed E-state index contributed by atoms with van der Waals surface area (Å²) in [7, 11) is 1.96.